The molecular formula is C15H28N2O. The quantitative estimate of drug-likeness (QED) is 0.819. The number of amides is 1. The lowest BCUT2D eigenvalue weighted by Gasteiger charge is -2.37. The standard InChI is InChI=1S/C15H28N2O/c1-15(2,3)16-14(18)12-7-6-10-17(11-12)13-8-4-5-9-13/h12-13H,4-11H2,1-3H3,(H,16,18). The number of piperidine rings is 1. The Bertz CT molecular complexity index is 289. The van der Waals surface area contributed by atoms with Crippen molar-refractivity contribution in [1.29, 1.82) is 0 Å². The normalized spacial score (nSPS) is 27.4. The molecule has 1 saturated heterocycles. The summed E-state index contributed by atoms with van der Waals surface area (Å²) in [5.41, 5.74) is -0.104. The second kappa shape index (κ2) is 5.60. The molecule has 0 bridgehead atoms. The zero-order chi connectivity index (χ0) is 13.2. The first-order valence-corrected chi connectivity index (χ1v) is 7.52. The Labute approximate surface area is 111 Å². The first-order chi connectivity index (χ1) is 8.46. The van der Waals surface area contributed by atoms with Crippen LogP contribution in [0.2, 0.25) is 0 Å². The van der Waals surface area contributed by atoms with E-state index in [1.165, 1.54) is 38.6 Å². The third kappa shape index (κ3) is 3.71. The Morgan fingerprint density at radius 3 is 2.39 bits per heavy atom. The van der Waals surface area contributed by atoms with E-state index >= 15 is 0 Å². The van der Waals surface area contributed by atoms with Crippen LogP contribution in [-0.2, 0) is 4.79 Å². The third-order valence-corrected chi connectivity index (χ3v) is 4.16. The predicted molar refractivity (Wildman–Crippen MR) is 74.4 cm³/mol. The van der Waals surface area contributed by atoms with Crippen molar-refractivity contribution in [3.63, 3.8) is 0 Å². The van der Waals surface area contributed by atoms with E-state index in [4.69, 9.17) is 0 Å². The molecule has 3 heteroatoms. The Hall–Kier alpha value is -0.570. The predicted octanol–water partition coefficient (Wildman–Crippen LogP) is 2.56. The molecule has 18 heavy (non-hydrogen) atoms. The van der Waals surface area contributed by atoms with Gasteiger partial charge in [0.25, 0.3) is 0 Å². The van der Waals surface area contributed by atoms with Gasteiger partial charge in [-0.1, -0.05) is 12.8 Å². The Morgan fingerprint density at radius 1 is 1.11 bits per heavy atom. The summed E-state index contributed by atoms with van der Waals surface area (Å²) in [5.74, 6) is 0.462. The number of carbonyl (C=O) groups is 1. The van der Waals surface area contributed by atoms with Crippen molar-refractivity contribution < 1.29 is 4.79 Å². The van der Waals surface area contributed by atoms with E-state index in [9.17, 15) is 4.79 Å². The monoisotopic (exact) mass is 252 g/mol. The molecule has 1 atom stereocenters. The highest BCUT2D eigenvalue weighted by Gasteiger charge is 2.31. The van der Waals surface area contributed by atoms with Gasteiger partial charge in [-0.3, -0.25) is 9.69 Å². The Kier molecular flexibility index (Phi) is 4.31. The smallest absolute Gasteiger partial charge is 0.224 e. The third-order valence-electron chi connectivity index (χ3n) is 4.16. The summed E-state index contributed by atoms with van der Waals surface area (Å²) in [6.45, 7) is 8.35. The molecule has 1 amide bonds. The van der Waals surface area contributed by atoms with Gasteiger partial charge < -0.3 is 5.32 Å². The Morgan fingerprint density at radius 2 is 1.78 bits per heavy atom. The largest absolute Gasteiger partial charge is 0.351 e. The fourth-order valence-corrected chi connectivity index (χ4v) is 3.29. The highest BCUT2D eigenvalue weighted by molar-refractivity contribution is 5.79. The maximum Gasteiger partial charge on any atom is 0.224 e. The molecule has 2 aliphatic rings. The van der Waals surface area contributed by atoms with Gasteiger partial charge in [0.1, 0.15) is 0 Å². The van der Waals surface area contributed by atoms with Crippen LogP contribution in [0.5, 0.6) is 0 Å². The van der Waals surface area contributed by atoms with Gasteiger partial charge in [-0.25, -0.2) is 0 Å². The van der Waals surface area contributed by atoms with Crippen LogP contribution in [0.4, 0.5) is 0 Å². The van der Waals surface area contributed by atoms with Crippen molar-refractivity contribution in [3.05, 3.63) is 0 Å². The summed E-state index contributed by atoms with van der Waals surface area (Å²) in [6.07, 6.45) is 7.67. The van der Waals surface area contributed by atoms with Gasteiger partial charge in [-0.2, -0.15) is 0 Å². The topological polar surface area (TPSA) is 32.3 Å². The van der Waals surface area contributed by atoms with Gasteiger partial charge in [0.05, 0.1) is 5.92 Å². The second-order valence-electron chi connectivity index (χ2n) is 7.01. The van der Waals surface area contributed by atoms with Crippen LogP contribution in [-0.4, -0.2) is 35.5 Å². The molecule has 1 heterocycles. The lowest BCUT2D eigenvalue weighted by atomic mass is 9.94. The van der Waals surface area contributed by atoms with E-state index in [0.717, 1.165) is 19.0 Å². The SMILES string of the molecule is CC(C)(C)NC(=O)C1CCCN(C2CCCC2)C1. The van der Waals surface area contributed by atoms with Crippen LogP contribution >= 0.6 is 0 Å². The Balaban J connectivity index is 1.87. The van der Waals surface area contributed by atoms with E-state index in [0.29, 0.717) is 0 Å². The van der Waals surface area contributed by atoms with Crippen LogP contribution in [0.15, 0.2) is 0 Å². The molecule has 1 saturated carbocycles. The van der Waals surface area contributed by atoms with E-state index < -0.39 is 0 Å². The number of hydrogen-bond donors (Lipinski definition) is 1. The summed E-state index contributed by atoms with van der Waals surface area (Å²) >= 11 is 0. The minimum atomic E-state index is -0.104. The molecule has 104 valence electrons. The average molecular weight is 252 g/mol. The van der Waals surface area contributed by atoms with Crippen molar-refractivity contribution in [3.8, 4) is 0 Å². The maximum atomic E-state index is 12.2. The van der Waals surface area contributed by atoms with Gasteiger partial charge in [-0.15, -0.1) is 0 Å². The number of nitrogens with one attached hydrogen (secondary N) is 1. The lowest BCUT2D eigenvalue weighted by Crippen LogP contribution is -2.50. The molecule has 0 aromatic carbocycles. The molecule has 1 N–H and O–H groups in total. The van der Waals surface area contributed by atoms with Crippen molar-refractivity contribution in [1.82, 2.24) is 10.2 Å². The van der Waals surface area contributed by atoms with Gasteiger partial charge in [-0.05, 0) is 53.0 Å². The average Bonchev–Trinajstić information content (AvgIpc) is 2.80. The van der Waals surface area contributed by atoms with Gasteiger partial charge in [0.2, 0.25) is 5.91 Å². The zero-order valence-electron chi connectivity index (χ0n) is 12.2. The van der Waals surface area contributed by atoms with E-state index in [-0.39, 0.29) is 17.4 Å². The van der Waals surface area contributed by atoms with Crippen molar-refractivity contribution in [2.24, 2.45) is 5.92 Å². The minimum Gasteiger partial charge on any atom is -0.351 e. The molecule has 0 aromatic heterocycles. The lowest BCUT2D eigenvalue weighted by molar-refractivity contribution is -0.128. The zero-order valence-corrected chi connectivity index (χ0v) is 12.2. The fourth-order valence-electron chi connectivity index (χ4n) is 3.29. The molecule has 2 fully saturated rings. The first kappa shape index (κ1) is 13.9. The number of hydrogen-bond acceptors (Lipinski definition) is 2. The second-order valence-corrected chi connectivity index (χ2v) is 7.01. The van der Waals surface area contributed by atoms with Crippen LogP contribution < -0.4 is 5.32 Å². The number of rotatable bonds is 2. The summed E-state index contributed by atoms with van der Waals surface area (Å²) in [6, 6.07) is 0.759. The maximum absolute atomic E-state index is 12.2. The molecule has 0 aromatic rings. The van der Waals surface area contributed by atoms with Gasteiger partial charge in [0, 0.05) is 18.1 Å². The number of nitrogens with zero attached hydrogens (tertiary/aromatic N) is 1. The van der Waals surface area contributed by atoms with Crippen molar-refractivity contribution >= 4 is 5.91 Å². The highest BCUT2D eigenvalue weighted by Crippen LogP contribution is 2.28. The van der Waals surface area contributed by atoms with Crippen molar-refractivity contribution in [2.75, 3.05) is 13.1 Å². The number of carbonyl (C=O) groups excluding carboxylic acids is 1. The summed E-state index contributed by atoms with van der Waals surface area (Å²) in [7, 11) is 0. The van der Waals surface area contributed by atoms with Crippen LogP contribution in [0.3, 0.4) is 0 Å². The van der Waals surface area contributed by atoms with Crippen LogP contribution in [0, 0.1) is 5.92 Å². The molecular weight excluding hydrogens is 224 g/mol. The number of likely N-dealkylation sites (tertiary alicyclic amines) is 1. The molecule has 0 spiro atoms. The van der Waals surface area contributed by atoms with E-state index in [2.05, 4.69) is 31.0 Å². The molecule has 1 aliphatic heterocycles. The fraction of sp³-hybridized carbons (Fsp3) is 0.933. The highest BCUT2D eigenvalue weighted by atomic mass is 16.2. The molecule has 3 nitrogen and oxygen atoms in total. The minimum absolute atomic E-state index is 0.104. The van der Waals surface area contributed by atoms with Gasteiger partial charge >= 0.3 is 0 Å². The van der Waals surface area contributed by atoms with E-state index in [1.807, 2.05) is 0 Å². The molecule has 1 aliphatic carbocycles. The van der Waals surface area contributed by atoms with E-state index in [1.54, 1.807) is 0 Å². The first-order valence-electron chi connectivity index (χ1n) is 7.52. The van der Waals surface area contributed by atoms with Gasteiger partial charge in [0.15, 0.2) is 0 Å². The van der Waals surface area contributed by atoms with Crippen molar-refractivity contribution in [2.45, 2.75) is 70.9 Å². The van der Waals surface area contributed by atoms with Crippen LogP contribution in [0.1, 0.15) is 59.3 Å². The summed E-state index contributed by atoms with van der Waals surface area (Å²) in [5, 5.41) is 3.13. The molecule has 0 radical (unpaired) electrons. The van der Waals surface area contributed by atoms with Crippen LogP contribution in [0.25, 0.3) is 0 Å². The summed E-state index contributed by atoms with van der Waals surface area (Å²) in [4.78, 5) is 14.8. The summed E-state index contributed by atoms with van der Waals surface area (Å²) < 4.78 is 0. The molecule has 2 rings (SSSR count). The molecule has 1 unspecified atom stereocenters.